The summed E-state index contributed by atoms with van der Waals surface area (Å²) in [7, 11) is 0. The van der Waals surface area contributed by atoms with Crippen molar-refractivity contribution in [2.24, 2.45) is 0 Å². The quantitative estimate of drug-likeness (QED) is 0.0219. The normalized spacial score (nSPS) is 25.4. The lowest BCUT2D eigenvalue weighted by Gasteiger charge is -2.51. The van der Waals surface area contributed by atoms with Gasteiger partial charge in [-0.05, 0) is 142 Å². The number of rotatable bonds is 35. The van der Waals surface area contributed by atoms with Gasteiger partial charge in [0.05, 0.1) is 55.6 Å². The van der Waals surface area contributed by atoms with E-state index in [-0.39, 0.29) is 62.2 Å². The van der Waals surface area contributed by atoms with Gasteiger partial charge < -0.3 is 100 Å². The second kappa shape index (κ2) is 45.6. The predicted molar refractivity (Wildman–Crippen MR) is 472 cm³/mol. The fraction of sp³-hybridized carbons (Fsp3) is 0.311. The number of nitrogens with one attached hydrogen (secondary N) is 1. The van der Waals surface area contributed by atoms with E-state index in [1.165, 1.54) is 158 Å². The Hall–Kier alpha value is -14.0. The van der Waals surface area contributed by atoms with Crippen molar-refractivity contribution in [1.82, 2.24) is 5.32 Å². The zero-order valence-corrected chi connectivity index (χ0v) is 73.5. The summed E-state index contributed by atoms with van der Waals surface area (Å²) in [6.07, 6.45) is -35.9. The fourth-order valence-electron chi connectivity index (χ4n) is 15.8. The van der Waals surface area contributed by atoms with E-state index in [4.69, 9.17) is 94.7 Å². The summed E-state index contributed by atoms with van der Waals surface area (Å²) in [5, 5.41) is 2.83. The van der Waals surface area contributed by atoms with Gasteiger partial charge in [0.2, 0.25) is 5.91 Å². The lowest BCUT2D eigenvalue weighted by Crippen LogP contribution is -2.71. The summed E-state index contributed by atoms with van der Waals surface area (Å²) in [6.45, 7) is 2.69. The van der Waals surface area contributed by atoms with E-state index in [0.717, 1.165) is 6.92 Å². The van der Waals surface area contributed by atoms with Gasteiger partial charge in [-0.2, -0.15) is 0 Å². The molecule has 10 aromatic carbocycles. The third kappa shape index (κ3) is 24.5. The summed E-state index contributed by atoms with van der Waals surface area (Å²) >= 11 is 0. The Kier molecular flexibility index (Phi) is 32.3. The van der Waals surface area contributed by atoms with Crippen molar-refractivity contribution in [3.8, 4) is 0 Å². The molecule has 0 radical (unpaired) electrons. The molecule has 5 aliphatic rings. The van der Waals surface area contributed by atoms with Crippen molar-refractivity contribution >= 4 is 65.6 Å². The molecule has 700 valence electrons. The number of ether oxygens (including phenoxy) is 20. The summed E-state index contributed by atoms with van der Waals surface area (Å²) in [5.41, 5.74) is -0.205. The predicted octanol–water partition coefficient (Wildman–Crippen LogP) is 12.7. The van der Waals surface area contributed by atoms with Crippen LogP contribution in [0.3, 0.4) is 0 Å². The van der Waals surface area contributed by atoms with Gasteiger partial charge in [-0.25, -0.2) is 47.9 Å². The number of hydrogen-bond donors (Lipinski definition) is 1. The Morgan fingerprint density at radius 1 is 0.274 bits per heavy atom. The minimum atomic E-state index is -2.38. The van der Waals surface area contributed by atoms with E-state index in [2.05, 4.69) is 5.32 Å². The van der Waals surface area contributed by atoms with Crippen molar-refractivity contribution in [3.05, 3.63) is 359 Å². The monoisotopic (exact) mass is 1840 g/mol. The maximum atomic E-state index is 15.8. The number of hydrogen-bond acceptors (Lipinski definition) is 31. The van der Waals surface area contributed by atoms with Gasteiger partial charge in [-0.15, -0.1) is 0 Å². The Morgan fingerprint density at radius 2 is 0.526 bits per heavy atom. The van der Waals surface area contributed by atoms with E-state index < -0.39 is 221 Å². The van der Waals surface area contributed by atoms with E-state index >= 15 is 19.2 Å². The molecule has 5 fully saturated rings. The maximum absolute atomic E-state index is 15.8. The maximum Gasteiger partial charge on any atom is 0.338 e. The van der Waals surface area contributed by atoms with Gasteiger partial charge in [-0.3, -0.25) is 4.79 Å². The van der Waals surface area contributed by atoms with Crippen molar-refractivity contribution in [1.29, 1.82) is 0 Å². The number of amides is 1. The minimum absolute atomic E-state index is 0.000777. The van der Waals surface area contributed by atoms with Crippen LogP contribution >= 0.6 is 0 Å². The molecule has 5 aliphatic heterocycles. The van der Waals surface area contributed by atoms with Crippen molar-refractivity contribution in [2.75, 3.05) is 33.0 Å². The first-order chi connectivity index (χ1) is 65.6. The Bertz CT molecular complexity index is 5650. The van der Waals surface area contributed by atoms with Gasteiger partial charge in [0, 0.05) is 13.5 Å². The fourth-order valence-corrected chi connectivity index (χ4v) is 15.8. The van der Waals surface area contributed by atoms with Gasteiger partial charge in [0.25, 0.3) is 0 Å². The number of carbonyl (C=O) groups excluding carboxylic acids is 11. The highest BCUT2D eigenvalue weighted by Crippen LogP contribution is 2.44. The van der Waals surface area contributed by atoms with Crippen LogP contribution in [0, 0.1) is 0 Å². The molecule has 0 saturated carbocycles. The average molecular weight is 1840 g/mol. The molecule has 0 spiro atoms. The molecule has 10 aromatic rings. The second-order valence-corrected chi connectivity index (χ2v) is 32.3. The minimum Gasteiger partial charge on any atom is -0.459 e. The van der Waals surface area contributed by atoms with Gasteiger partial charge >= 0.3 is 59.7 Å². The summed E-state index contributed by atoms with van der Waals surface area (Å²) < 4.78 is 135. The van der Waals surface area contributed by atoms with Crippen molar-refractivity contribution in [3.63, 3.8) is 0 Å². The molecule has 1 amide bonds. The van der Waals surface area contributed by atoms with Crippen LogP contribution in [0.25, 0.3) is 0 Å². The molecule has 32 heteroatoms. The molecule has 0 aliphatic carbocycles. The van der Waals surface area contributed by atoms with Crippen LogP contribution in [0.1, 0.15) is 144 Å². The molecule has 32 nitrogen and oxygen atoms in total. The molecule has 15 rings (SSSR count). The highest BCUT2D eigenvalue weighted by atomic mass is 16.8. The summed E-state index contributed by atoms with van der Waals surface area (Å²) in [4.78, 5) is 165. The van der Waals surface area contributed by atoms with E-state index in [9.17, 15) is 33.6 Å². The topological polar surface area (TPSA) is 384 Å². The molecule has 5 saturated heterocycles. The van der Waals surface area contributed by atoms with Crippen LogP contribution in [0.15, 0.2) is 303 Å². The molecule has 8 unspecified atom stereocenters. The van der Waals surface area contributed by atoms with Crippen LogP contribution in [-0.4, -0.2) is 227 Å². The zero-order chi connectivity index (χ0) is 94.3. The standard InChI is InChI=1S/C103H97NO31/c1-5-6-57-116-100-86(128-96(113)70-51-31-14-32-52-70)83(127-95(112)69-49-29-13-30-50-69)80(75(122-100)60-119-91(108)65-41-21-9-22-42-65)132-101-87(129-97(114)71-53-33-15-34-54-71)84(79(125-93(110)67-45-25-11-26-46-67)74(123-101)59-118-90(107)64-39-19-8-20-40-64)133-99-77(104-62(2)105)82(126-94(111)68-47-27-12-28-48-68)78(73(121-99)58-117-89(106)63-37-17-7-18-38-63)131-102-88(130-98(115)72-55-35-16-36-56-72)85-81(134-103(3,4)135-85)76(124-102)61-120-92(109)66-43-23-10-24-44-66/h7-56,73-88,99-102H,5-6,57-61H2,1-4H3,(H,104,105)/t73?,74?,75?,76?,77-,78+,79-,80+,81-,82?,83-,84?,85?,86?,87-,88-,99-,100+,101-,102-/m0/s1. The van der Waals surface area contributed by atoms with E-state index in [1.54, 1.807) is 159 Å². The molecule has 0 bridgehead atoms. The van der Waals surface area contributed by atoms with Crippen LogP contribution in [0.4, 0.5) is 0 Å². The second-order valence-electron chi connectivity index (χ2n) is 32.3. The lowest BCUT2D eigenvalue weighted by atomic mass is 9.93. The van der Waals surface area contributed by atoms with Crippen LogP contribution < -0.4 is 5.32 Å². The van der Waals surface area contributed by atoms with Crippen molar-refractivity contribution < 1.29 is 147 Å². The summed E-state index contributed by atoms with van der Waals surface area (Å²) in [6, 6.07) is 74.6. The van der Waals surface area contributed by atoms with Gasteiger partial charge in [-0.1, -0.05) is 195 Å². The third-order valence-electron chi connectivity index (χ3n) is 22.4. The average Bonchev–Trinajstić information content (AvgIpc) is 1.73. The highest BCUT2D eigenvalue weighted by molar-refractivity contribution is 5.94. The summed E-state index contributed by atoms with van der Waals surface area (Å²) in [5.74, 6) is -12.6. The zero-order valence-electron chi connectivity index (χ0n) is 73.5. The molecule has 1 N–H and O–H groups in total. The number of unbranched alkanes of at least 4 members (excludes halogenated alkanes) is 1. The number of fused-ring (bicyclic) bond motifs is 1. The smallest absolute Gasteiger partial charge is 0.338 e. The van der Waals surface area contributed by atoms with Gasteiger partial charge in [0.15, 0.2) is 67.6 Å². The highest BCUT2D eigenvalue weighted by Gasteiger charge is 2.63. The first-order valence-corrected chi connectivity index (χ1v) is 43.9. The molecular formula is C103H97NO31. The van der Waals surface area contributed by atoms with E-state index in [0.29, 0.717) is 12.8 Å². The number of esters is 10. The molecule has 0 aromatic heterocycles. The Balaban J connectivity index is 0.926. The lowest BCUT2D eigenvalue weighted by molar-refractivity contribution is -0.378. The Labute approximate surface area is 775 Å². The molecule has 135 heavy (non-hydrogen) atoms. The largest absolute Gasteiger partial charge is 0.459 e. The van der Waals surface area contributed by atoms with Crippen LogP contribution in [0.5, 0.6) is 0 Å². The van der Waals surface area contributed by atoms with Crippen LogP contribution in [0.2, 0.25) is 0 Å². The Morgan fingerprint density at radius 3 is 0.874 bits per heavy atom. The van der Waals surface area contributed by atoms with Gasteiger partial charge in [0.1, 0.15) is 87.4 Å². The van der Waals surface area contributed by atoms with E-state index in [1.807, 2.05) is 6.92 Å². The van der Waals surface area contributed by atoms with Crippen LogP contribution in [-0.2, 0) is 99.5 Å². The number of benzene rings is 10. The SMILES string of the molecule is CCCCO[C@@H]1OC(COC(=O)c2ccccc2)[C@@H](O[C@@H]2OC(COC(=O)c3ccccc3)[C@H](OC(=O)c3ccccc3)C(O[C@@H]3OC(COC(=O)c4ccccc4)[C@@H](O[C@@H]4OC(COC(=O)c5ccccc5)[C@@H]5OC(C)(C)OC5[C@@H]4OC(=O)c4ccccc4)C(OC(=O)c4ccccc4)[C@@H]3NC(C)=O)[C@@H]2OC(=O)c2ccccc2)[C@H](OC(=O)c2ccccc2)C1OC(=O)c1ccccc1. The molecule has 5 heterocycles. The third-order valence-corrected chi connectivity index (χ3v) is 22.4. The van der Waals surface area contributed by atoms with Crippen molar-refractivity contribution in [2.45, 2.75) is 169 Å². The molecule has 20 atom stereocenters. The molecular weight excluding hydrogens is 1750 g/mol. The number of carbonyl (C=O) groups is 11. The first kappa shape index (κ1) is 95.6. The first-order valence-electron chi connectivity index (χ1n) is 43.9.